The van der Waals surface area contributed by atoms with Gasteiger partial charge in [-0.3, -0.25) is 9.97 Å². The lowest BCUT2D eigenvalue weighted by molar-refractivity contribution is 0.0299. The van der Waals surface area contributed by atoms with Gasteiger partial charge in [-0.25, -0.2) is 4.79 Å². The van der Waals surface area contributed by atoms with Crippen molar-refractivity contribution < 1.29 is 19.0 Å². The Morgan fingerprint density at radius 3 is 2.81 bits per heavy atom. The van der Waals surface area contributed by atoms with Crippen LogP contribution in [0.2, 0.25) is 0 Å². The molecule has 8 heteroatoms. The molecule has 2 amide bonds. The van der Waals surface area contributed by atoms with Crippen LogP contribution in [-0.4, -0.2) is 53.6 Å². The van der Waals surface area contributed by atoms with E-state index in [2.05, 4.69) is 20.6 Å². The van der Waals surface area contributed by atoms with Crippen molar-refractivity contribution in [1.29, 1.82) is 0 Å². The summed E-state index contributed by atoms with van der Waals surface area (Å²) < 4.78 is 17.7. The number of hydrogen-bond acceptors (Lipinski definition) is 6. The molecule has 4 atom stereocenters. The summed E-state index contributed by atoms with van der Waals surface area (Å²) >= 11 is 0. The summed E-state index contributed by atoms with van der Waals surface area (Å²) in [4.78, 5) is 20.6. The number of amides is 2. The Bertz CT molecular complexity index is 788. The molecule has 2 aromatic rings. The molecular weight excluding hydrogens is 348 g/mol. The van der Waals surface area contributed by atoms with Crippen molar-refractivity contribution in [2.24, 2.45) is 0 Å². The standard InChI is InChI=1S/C19H22N4O4/c1-12-15(6-4-8-20-12)27-16-11-26-17-14(10-25-18(16)17)23-19(24)22-9-13-5-2-3-7-21-13/h2-8,14,16-18H,9-11H2,1H3,(H2,22,23,24)/t14-,16-,17+,18+/m0/s1. The van der Waals surface area contributed by atoms with E-state index in [-0.39, 0.29) is 30.4 Å². The van der Waals surface area contributed by atoms with Gasteiger partial charge in [0.15, 0.2) is 6.10 Å². The minimum absolute atomic E-state index is 0.217. The molecule has 0 radical (unpaired) electrons. The van der Waals surface area contributed by atoms with E-state index in [4.69, 9.17) is 14.2 Å². The second kappa shape index (κ2) is 7.89. The van der Waals surface area contributed by atoms with Crippen molar-refractivity contribution >= 4 is 6.03 Å². The van der Waals surface area contributed by atoms with E-state index in [9.17, 15) is 4.79 Å². The SMILES string of the molecule is Cc1ncccc1O[C@H]1CO[C@H]2[C@@H]1OC[C@@H]2NC(=O)NCc1ccccn1. The molecule has 27 heavy (non-hydrogen) atoms. The zero-order chi connectivity index (χ0) is 18.6. The maximum Gasteiger partial charge on any atom is 0.315 e. The monoisotopic (exact) mass is 370 g/mol. The molecule has 4 heterocycles. The fourth-order valence-electron chi connectivity index (χ4n) is 3.34. The average Bonchev–Trinajstić information content (AvgIpc) is 3.26. The van der Waals surface area contributed by atoms with Crippen LogP contribution in [0.25, 0.3) is 0 Å². The average molecular weight is 370 g/mol. The predicted octanol–water partition coefficient (Wildman–Crippen LogP) is 1.20. The molecule has 0 aliphatic carbocycles. The first-order chi connectivity index (χ1) is 13.2. The van der Waals surface area contributed by atoms with Gasteiger partial charge in [0.25, 0.3) is 0 Å². The van der Waals surface area contributed by atoms with Gasteiger partial charge in [0.1, 0.15) is 18.0 Å². The zero-order valence-electron chi connectivity index (χ0n) is 15.0. The number of rotatable bonds is 5. The molecule has 2 fully saturated rings. The zero-order valence-corrected chi connectivity index (χ0v) is 15.0. The molecule has 2 N–H and O–H groups in total. The molecule has 142 valence electrons. The number of aromatic nitrogens is 2. The van der Waals surface area contributed by atoms with Crippen molar-refractivity contribution in [3.8, 4) is 5.75 Å². The molecule has 0 saturated carbocycles. The number of pyridine rings is 2. The fourth-order valence-corrected chi connectivity index (χ4v) is 3.34. The Labute approximate surface area is 157 Å². The van der Waals surface area contributed by atoms with Crippen molar-refractivity contribution in [3.63, 3.8) is 0 Å². The van der Waals surface area contributed by atoms with Crippen molar-refractivity contribution in [1.82, 2.24) is 20.6 Å². The van der Waals surface area contributed by atoms with E-state index in [0.717, 1.165) is 17.1 Å². The van der Waals surface area contributed by atoms with Crippen LogP contribution >= 0.6 is 0 Å². The molecule has 0 unspecified atom stereocenters. The second-order valence-electron chi connectivity index (χ2n) is 6.59. The van der Waals surface area contributed by atoms with Gasteiger partial charge in [0, 0.05) is 12.4 Å². The van der Waals surface area contributed by atoms with Gasteiger partial charge in [-0.2, -0.15) is 0 Å². The van der Waals surface area contributed by atoms with Crippen LogP contribution < -0.4 is 15.4 Å². The third kappa shape index (κ3) is 4.01. The van der Waals surface area contributed by atoms with Crippen LogP contribution in [0.15, 0.2) is 42.7 Å². The number of hydrogen-bond donors (Lipinski definition) is 2. The number of aryl methyl sites for hydroxylation is 1. The number of nitrogens with one attached hydrogen (secondary N) is 2. The molecular formula is C19H22N4O4. The Balaban J connectivity index is 1.29. The van der Waals surface area contributed by atoms with E-state index in [1.54, 1.807) is 12.4 Å². The third-order valence-electron chi connectivity index (χ3n) is 4.72. The quantitative estimate of drug-likeness (QED) is 0.821. The molecule has 2 aromatic heterocycles. The van der Waals surface area contributed by atoms with Crippen molar-refractivity contribution in [2.45, 2.75) is 37.8 Å². The van der Waals surface area contributed by atoms with Crippen LogP contribution in [0.4, 0.5) is 4.79 Å². The maximum atomic E-state index is 12.2. The molecule has 0 bridgehead atoms. The summed E-state index contributed by atoms with van der Waals surface area (Å²) in [5.74, 6) is 0.722. The van der Waals surface area contributed by atoms with Gasteiger partial charge in [-0.05, 0) is 31.2 Å². The highest BCUT2D eigenvalue weighted by molar-refractivity contribution is 5.74. The summed E-state index contributed by atoms with van der Waals surface area (Å²) in [6.07, 6.45) is 2.76. The predicted molar refractivity (Wildman–Crippen MR) is 96.3 cm³/mol. The number of urea groups is 1. The normalized spacial score (nSPS) is 26.4. The second-order valence-corrected chi connectivity index (χ2v) is 6.59. The van der Waals surface area contributed by atoms with E-state index in [1.165, 1.54) is 0 Å². The molecule has 0 spiro atoms. The van der Waals surface area contributed by atoms with Gasteiger partial charge in [0.2, 0.25) is 0 Å². The molecule has 2 aliphatic rings. The van der Waals surface area contributed by atoms with E-state index in [1.807, 2.05) is 37.3 Å². The fraction of sp³-hybridized carbons (Fsp3) is 0.421. The van der Waals surface area contributed by atoms with Gasteiger partial charge >= 0.3 is 6.03 Å². The summed E-state index contributed by atoms with van der Waals surface area (Å²) in [7, 11) is 0. The lowest BCUT2D eigenvalue weighted by Gasteiger charge is -2.19. The van der Waals surface area contributed by atoms with Crippen molar-refractivity contribution in [2.75, 3.05) is 13.2 Å². The van der Waals surface area contributed by atoms with Crippen LogP contribution in [-0.2, 0) is 16.0 Å². The lowest BCUT2D eigenvalue weighted by atomic mass is 10.1. The number of fused-ring (bicyclic) bond motifs is 1. The van der Waals surface area contributed by atoms with E-state index in [0.29, 0.717) is 19.8 Å². The summed E-state index contributed by atoms with van der Waals surface area (Å²) in [6, 6.07) is 8.80. The van der Waals surface area contributed by atoms with Gasteiger partial charge < -0.3 is 24.8 Å². The largest absolute Gasteiger partial charge is 0.483 e. The Morgan fingerprint density at radius 1 is 1.15 bits per heavy atom. The maximum absolute atomic E-state index is 12.2. The summed E-state index contributed by atoms with van der Waals surface area (Å²) in [5.41, 5.74) is 1.62. The Hall–Kier alpha value is -2.71. The van der Waals surface area contributed by atoms with Crippen LogP contribution in [0, 0.1) is 6.92 Å². The number of carbonyl (C=O) groups is 1. The highest BCUT2D eigenvalue weighted by Crippen LogP contribution is 2.30. The summed E-state index contributed by atoms with van der Waals surface area (Å²) in [5, 5.41) is 5.72. The molecule has 2 aliphatic heterocycles. The smallest absolute Gasteiger partial charge is 0.315 e. The van der Waals surface area contributed by atoms with Crippen LogP contribution in [0.3, 0.4) is 0 Å². The summed E-state index contributed by atoms with van der Waals surface area (Å²) in [6.45, 7) is 3.06. The van der Waals surface area contributed by atoms with Gasteiger partial charge in [-0.15, -0.1) is 0 Å². The minimum atomic E-state index is -0.272. The first-order valence-corrected chi connectivity index (χ1v) is 8.96. The highest BCUT2D eigenvalue weighted by atomic mass is 16.6. The third-order valence-corrected chi connectivity index (χ3v) is 4.72. The Kier molecular flexibility index (Phi) is 5.17. The minimum Gasteiger partial charge on any atom is -0.483 e. The van der Waals surface area contributed by atoms with Crippen LogP contribution in [0.1, 0.15) is 11.4 Å². The van der Waals surface area contributed by atoms with E-state index < -0.39 is 0 Å². The number of nitrogens with zero attached hydrogens (tertiary/aromatic N) is 2. The van der Waals surface area contributed by atoms with E-state index >= 15 is 0 Å². The topological polar surface area (TPSA) is 94.6 Å². The first kappa shape index (κ1) is 17.7. The number of carbonyl (C=O) groups excluding carboxylic acids is 1. The molecule has 8 nitrogen and oxygen atoms in total. The lowest BCUT2D eigenvalue weighted by Crippen LogP contribution is -2.48. The van der Waals surface area contributed by atoms with Gasteiger partial charge in [0.05, 0.1) is 37.2 Å². The van der Waals surface area contributed by atoms with Gasteiger partial charge in [-0.1, -0.05) is 6.07 Å². The molecule has 4 rings (SSSR count). The highest BCUT2D eigenvalue weighted by Gasteiger charge is 2.49. The van der Waals surface area contributed by atoms with Crippen LogP contribution in [0.5, 0.6) is 5.75 Å². The molecule has 2 saturated heterocycles. The Morgan fingerprint density at radius 2 is 2.00 bits per heavy atom. The number of ether oxygens (including phenoxy) is 3. The first-order valence-electron chi connectivity index (χ1n) is 8.96. The molecule has 0 aromatic carbocycles. The van der Waals surface area contributed by atoms with Crippen molar-refractivity contribution in [3.05, 3.63) is 54.1 Å².